The molecule has 0 saturated heterocycles. The number of carbonyl (C=O) groups is 2. The molecule has 0 heterocycles. The summed E-state index contributed by atoms with van der Waals surface area (Å²) in [5.74, 6) is -1.24. The largest absolute Gasteiger partial charge is 0.325 e. The lowest BCUT2D eigenvalue weighted by Gasteiger charge is -2.17. The Morgan fingerprint density at radius 1 is 0.857 bits per heavy atom. The van der Waals surface area contributed by atoms with Gasteiger partial charge in [-0.1, -0.05) is 49.4 Å². The molecule has 0 radical (unpaired) electrons. The van der Waals surface area contributed by atoms with Crippen LogP contribution in [0.25, 0.3) is 0 Å². The molecule has 2 amide bonds. The van der Waals surface area contributed by atoms with Crippen LogP contribution in [0.4, 0.5) is 15.8 Å². The number of anilines is 2. The predicted molar refractivity (Wildman–Crippen MR) is 109 cm³/mol. The summed E-state index contributed by atoms with van der Waals surface area (Å²) in [7, 11) is 0. The maximum Gasteiger partial charge on any atom is 0.257 e. The molecule has 0 spiro atoms. The SMILES string of the molecule is CC[C@H](C(=O)Nc1ccccc1C(=O)Nc1ccc(F)cc1)c1ccccc1. The molecule has 4 nitrogen and oxygen atoms in total. The third-order valence-corrected chi connectivity index (χ3v) is 4.46. The molecular formula is C23H21FN2O2. The monoisotopic (exact) mass is 376 g/mol. The van der Waals surface area contributed by atoms with Crippen molar-refractivity contribution in [2.24, 2.45) is 0 Å². The highest BCUT2D eigenvalue weighted by molar-refractivity contribution is 6.10. The van der Waals surface area contributed by atoms with Crippen LogP contribution < -0.4 is 10.6 Å². The highest BCUT2D eigenvalue weighted by Crippen LogP contribution is 2.24. The summed E-state index contributed by atoms with van der Waals surface area (Å²) in [6.45, 7) is 1.95. The number of amides is 2. The lowest BCUT2D eigenvalue weighted by molar-refractivity contribution is -0.117. The van der Waals surface area contributed by atoms with Gasteiger partial charge in [0, 0.05) is 5.69 Å². The minimum atomic E-state index is -0.379. The number of hydrogen-bond acceptors (Lipinski definition) is 2. The van der Waals surface area contributed by atoms with E-state index in [1.807, 2.05) is 37.3 Å². The second kappa shape index (κ2) is 8.95. The summed E-state index contributed by atoms with van der Waals surface area (Å²) in [6.07, 6.45) is 0.639. The van der Waals surface area contributed by atoms with Crippen LogP contribution in [-0.4, -0.2) is 11.8 Å². The van der Waals surface area contributed by atoms with Crippen molar-refractivity contribution >= 4 is 23.2 Å². The van der Waals surface area contributed by atoms with Crippen molar-refractivity contribution in [1.29, 1.82) is 0 Å². The maximum atomic E-state index is 13.0. The Balaban J connectivity index is 1.78. The smallest absolute Gasteiger partial charge is 0.257 e. The fourth-order valence-corrected chi connectivity index (χ4v) is 3.00. The predicted octanol–water partition coefficient (Wildman–Crippen LogP) is 5.21. The molecule has 142 valence electrons. The van der Waals surface area contributed by atoms with Gasteiger partial charge >= 0.3 is 0 Å². The van der Waals surface area contributed by atoms with Crippen LogP contribution in [-0.2, 0) is 4.79 Å². The molecule has 0 aliphatic carbocycles. The van der Waals surface area contributed by atoms with Crippen molar-refractivity contribution in [3.63, 3.8) is 0 Å². The molecule has 3 aromatic carbocycles. The Morgan fingerprint density at radius 2 is 1.50 bits per heavy atom. The molecular weight excluding hydrogens is 355 g/mol. The van der Waals surface area contributed by atoms with E-state index in [4.69, 9.17) is 0 Å². The topological polar surface area (TPSA) is 58.2 Å². The molecule has 0 fully saturated rings. The molecule has 0 bridgehead atoms. The molecule has 28 heavy (non-hydrogen) atoms. The van der Waals surface area contributed by atoms with Gasteiger partial charge in [-0.2, -0.15) is 0 Å². The van der Waals surface area contributed by atoms with Crippen LogP contribution in [0.2, 0.25) is 0 Å². The summed E-state index contributed by atoms with van der Waals surface area (Å²) in [5.41, 5.74) is 2.17. The van der Waals surface area contributed by atoms with Crippen molar-refractivity contribution in [3.8, 4) is 0 Å². The zero-order valence-electron chi connectivity index (χ0n) is 15.5. The Bertz CT molecular complexity index is 956. The van der Waals surface area contributed by atoms with Crippen molar-refractivity contribution in [2.45, 2.75) is 19.3 Å². The highest BCUT2D eigenvalue weighted by Gasteiger charge is 2.20. The highest BCUT2D eigenvalue weighted by atomic mass is 19.1. The van der Waals surface area contributed by atoms with E-state index in [9.17, 15) is 14.0 Å². The maximum absolute atomic E-state index is 13.0. The second-order valence-electron chi connectivity index (χ2n) is 6.37. The van der Waals surface area contributed by atoms with Gasteiger partial charge < -0.3 is 10.6 Å². The van der Waals surface area contributed by atoms with E-state index in [0.29, 0.717) is 23.4 Å². The Labute approximate surface area is 163 Å². The summed E-state index contributed by atoms with van der Waals surface area (Å²) >= 11 is 0. The second-order valence-corrected chi connectivity index (χ2v) is 6.37. The lowest BCUT2D eigenvalue weighted by Crippen LogP contribution is -2.23. The first-order valence-corrected chi connectivity index (χ1v) is 9.10. The number of para-hydroxylation sites is 1. The standard InChI is InChI=1S/C23H21FN2O2/c1-2-19(16-8-4-3-5-9-16)22(27)26-21-11-7-6-10-20(21)23(28)25-18-14-12-17(24)13-15-18/h3-15,19H,2H2,1H3,(H,25,28)(H,26,27)/t19-/m0/s1. The molecule has 3 aromatic rings. The van der Waals surface area contributed by atoms with Gasteiger partial charge in [-0.15, -0.1) is 0 Å². The Hall–Kier alpha value is -3.47. The van der Waals surface area contributed by atoms with Crippen LogP contribution in [0.3, 0.4) is 0 Å². The summed E-state index contributed by atoms with van der Waals surface area (Å²) in [4.78, 5) is 25.5. The quantitative estimate of drug-likeness (QED) is 0.620. The van der Waals surface area contributed by atoms with Gasteiger partial charge in [-0.05, 0) is 48.4 Å². The van der Waals surface area contributed by atoms with Gasteiger partial charge in [0.05, 0.1) is 17.2 Å². The van der Waals surface area contributed by atoms with Gasteiger partial charge in [0.1, 0.15) is 5.82 Å². The van der Waals surface area contributed by atoms with E-state index < -0.39 is 0 Å². The van der Waals surface area contributed by atoms with Gasteiger partial charge in [0.25, 0.3) is 5.91 Å². The van der Waals surface area contributed by atoms with E-state index in [2.05, 4.69) is 10.6 Å². The molecule has 0 aromatic heterocycles. The van der Waals surface area contributed by atoms with Crippen LogP contribution >= 0.6 is 0 Å². The van der Waals surface area contributed by atoms with Crippen LogP contribution in [0.15, 0.2) is 78.9 Å². The number of nitrogens with one attached hydrogen (secondary N) is 2. The zero-order valence-corrected chi connectivity index (χ0v) is 15.5. The van der Waals surface area contributed by atoms with Gasteiger partial charge in [0.2, 0.25) is 5.91 Å². The molecule has 1 atom stereocenters. The summed E-state index contributed by atoms with van der Waals surface area (Å²) in [6, 6.07) is 21.9. The third kappa shape index (κ3) is 4.62. The number of halogens is 1. The molecule has 5 heteroatoms. The van der Waals surface area contributed by atoms with E-state index in [1.165, 1.54) is 24.3 Å². The zero-order chi connectivity index (χ0) is 19.9. The minimum Gasteiger partial charge on any atom is -0.325 e. The fourth-order valence-electron chi connectivity index (χ4n) is 3.00. The number of rotatable bonds is 6. The van der Waals surface area contributed by atoms with Crippen molar-refractivity contribution in [1.82, 2.24) is 0 Å². The molecule has 0 saturated carbocycles. The van der Waals surface area contributed by atoms with E-state index >= 15 is 0 Å². The number of hydrogen-bond donors (Lipinski definition) is 2. The van der Waals surface area contributed by atoms with Crippen LogP contribution in [0.5, 0.6) is 0 Å². The summed E-state index contributed by atoms with van der Waals surface area (Å²) < 4.78 is 13.0. The first-order chi connectivity index (χ1) is 13.6. The summed E-state index contributed by atoms with van der Waals surface area (Å²) in [5, 5.41) is 5.59. The minimum absolute atomic E-state index is 0.171. The molecule has 0 aliphatic heterocycles. The number of benzene rings is 3. The normalized spacial score (nSPS) is 11.5. The van der Waals surface area contributed by atoms with Gasteiger partial charge in [0.15, 0.2) is 0 Å². The number of carbonyl (C=O) groups excluding carboxylic acids is 2. The Morgan fingerprint density at radius 3 is 2.18 bits per heavy atom. The average molecular weight is 376 g/mol. The van der Waals surface area contributed by atoms with E-state index in [1.54, 1.807) is 24.3 Å². The lowest BCUT2D eigenvalue weighted by atomic mass is 9.95. The van der Waals surface area contributed by atoms with Gasteiger partial charge in [-0.3, -0.25) is 9.59 Å². The van der Waals surface area contributed by atoms with Crippen molar-refractivity contribution in [3.05, 3.63) is 95.8 Å². The van der Waals surface area contributed by atoms with Crippen molar-refractivity contribution in [2.75, 3.05) is 10.6 Å². The average Bonchev–Trinajstić information content (AvgIpc) is 2.71. The van der Waals surface area contributed by atoms with Crippen LogP contribution in [0.1, 0.15) is 35.2 Å². The molecule has 0 aliphatic rings. The van der Waals surface area contributed by atoms with Crippen LogP contribution in [0, 0.1) is 5.82 Å². The van der Waals surface area contributed by atoms with Crippen molar-refractivity contribution < 1.29 is 14.0 Å². The van der Waals surface area contributed by atoms with E-state index in [-0.39, 0.29) is 23.5 Å². The van der Waals surface area contributed by atoms with Gasteiger partial charge in [-0.25, -0.2) is 4.39 Å². The van der Waals surface area contributed by atoms with E-state index in [0.717, 1.165) is 5.56 Å². The molecule has 0 unspecified atom stereocenters. The molecule has 2 N–H and O–H groups in total. The molecule has 3 rings (SSSR count). The third-order valence-electron chi connectivity index (χ3n) is 4.46. The first kappa shape index (κ1) is 19.3. The Kier molecular flexibility index (Phi) is 6.17. The first-order valence-electron chi connectivity index (χ1n) is 9.10. The fraction of sp³-hybridized carbons (Fsp3) is 0.130.